The number of benzene rings is 2. The Balaban J connectivity index is 1.47. The standard InChI is InChI=1S/C21H19N3O3/c1-2-14-3-5-16(6-4-14)23-18-9-15(11-22-12-18)21(25)24-17-7-8-19-20(10-17)27-13-26-19/h3-12,23H,2,13H2,1H3,(H,24,25). The highest BCUT2D eigenvalue weighted by Gasteiger charge is 2.15. The molecule has 27 heavy (non-hydrogen) atoms. The Morgan fingerprint density at radius 1 is 0.963 bits per heavy atom. The normalized spacial score (nSPS) is 11.9. The molecule has 0 fully saturated rings. The Bertz CT molecular complexity index is 971. The fourth-order valence-electron chi connectivity index (χ4n) is 2.80. The van der Waals surface area contributed by atoms with Gasteiger partial charge in [0.1, 0.15) is 0 Å². The summed E-state index contributed by atoms with van der Waals surface area (Å²) in [4.78, 5) is 16.7. The molecule has 1 amide bonds. The van der Waals surface area contributed by atoms with Crippen LogP contribution >= 0.6 is 0 Å². The van der Waals surface area contributed by atoms with Gasteiger partial charge in [-0.1, -0.05) is 19.1 Å². The van der Waals surface area contributed by atoms with Crippen molar-refractivity contribution >= 4 is 23.0 Å². The fraction of sp³-hybridized carbons (Fsp3) is 0.143. The third kappa shape index (κ3) is 3.84. The molecule has 2 aromatic carbocycles. The molecular formula is C21H19N3O3. The highest BCUT2D eigenvalue weighted by molar-refractivity contribution is 6.04. The Morgan fingerprint density at radius 2 is 1.74 bits per heavy atom. The first-order valence-corrected chi connectivity index (χ1v) is 8.73. The Labute approximate surface area is 157 Å². The van der Waals surface area contributed by atoms with Crippen molar-refractivity contribution in [1.29, 1.82) is 0 Å². The summed E-state index contributed by atoms with van der Waals surface area (Å²) in [6, 6.07) is 15.2. The van der Waals surface area contributed by atoms with Crippen LogP contribution in [0, 0.1) is 0 Å². The van der Waals surface area contributed by atoms with Crippen molar-refractivity contribution in [2.24, 2.45) is 0 Å². The lowest BCUT2D eigenvalue weighted by molar-refractivity contribution is 0.102. The number of carbonyl (C=O) groups excluding carboxylic acids is 1. The Kier molecular flexibility index (Phi) is 4.61. The number of nitrogens with one attached hydrogen (secondary N) is 2. The van der Waals surface area contributed by atoms with Crippen molar-refractivity contribution in [3.05, 3.63) is 72.1 Å². The van der Waals surface area contributed by atoms with Crippen molar-refractivity contribution in [2.75, 3.05) is 17.4 Å². The third-order valence-electron chi connectivity index (χ3n) is 4.28. The monoisotopic (exact) mass is 361 g/mol. The molecule has 2 N–H and O–H groups in total. The number of nitrogens with zero attached hydrogens (tertiary/aromatic N) is 1. The predicted octanol–water partition coefficient (Wildman–Crippen LogP) is 4.37. The van der Waals surface area contributed by atoms with Gasteiger partial charge in [0.2, 0.25) is 6.79 Å². The summed E-state index contributed by atoms with van der Waals surface area (Å²) in [6.45, 7) is 2.32. The van der Waals surface area contributed by atoms with E-state index in [-0.39, 0.29) is 12.7 Å². The number of carbonyl (C=O) groups is 1. The van der Waals surface area contributed by atoms with E-state index in [1.807, 2.05) is 12.1 Å². The van der Waals surface area contributed by atoms with Gasteiger partial charge in [0.25, 0.3) is 5.91 Å². The average molecular weight is 361 g/mol. The van der Waals surface area contributed by atoms with Crippen molar-refractivity contribution in [1.82, 2.24) is 4.98 Å². The molecule has 4 rings (SSSR count). The SMILES string of the molecule is CCc1ccc(Nc2cncc(C(=O)Nc3ccc4c(c3)OCO4)c2)cc1. The lowest BCUT2D eigenvalue weighted by Crippen LogP contribution is -2.12. The minimum atomic E-state index is -0.244. The first-order chi connectivity index (χ1) is 13.2. The fourth-order valence-corrected chi connectivity index (χ4v) is 2.80. The maximum atomic E-state index is 12.6. The number of pyridine rings is 1. The van der Waals surface area contributed by atoms with Crippen LogP contribution in [-0.2, 0) is 6.42 Å². The molecule has 3 aromatic rings. The maximum absolute atomic E-state index is 12.6. The van der Waals surface area contributed by atoms with Crippen LogP contribution in [0.1, 0.15) is 22.8 Å². The molecule has 0 spiro atoms. The molecule has 2 heterocycles. The summed E-state index contributed by atoms with van der Waals surface area (Å²) in [5.74, 6) is 1.05. The second kappa shape index (κ2) is 7.37. The summed E-state index contributed by atoms with van der Waals surface area (Å²) in [5, 5.41) is 6.12. The van der Waals surface area contributed by atoms with E-state index in [9.17, 15) is 4.79 Å². The number of aromatic nitrogens is 1. The van der Waals surface area contributed by atoms with E-state index < -0.39 is 0 Å². The van der Waals surface area contributed by atoms with Gasteiger partial charge in [-0.2, -0.15) is 0 Å². The number of hydrogen-bond acceptors (Lipinski definition) is 5. The maximum Gasteiger partial charge on any atom is 0.257 e. The first-order valence-electron chi connectivity index (χ1n) is 8.73. The molecule has 0 aliphatic carbocycles. The minimum absolute atomic E-state index is 0.198. The highest BCUT2D eigenvalue weighted by atomic mass is 16.7. The molecule has 136 valence electrons. The third-order valence-corrected chi connectivity index (χ3v) is 4.28. The van der Waals surface area contributed by atoms with E-state index in [4.69, 9.17) is 9.47 Å². The smallest absolute Gasteiger partial charge is 0.257 e. The number of amides is 1. The van der Waals surface area contributed by atoms with Crippen molar-refractivity contribution in [3.63, 3.8) is 0 Å². The molecule has 0 saturated heterocycles. The van der Waals surface area contributed by atoms with Crippen LogP contribution in [0.3, 0.4) is 0 Å². The molecule has 0 atom stereocenters. The molecule has 6 heteroatoms. The quantitative estimate of drug-likeness (QED) is 0.706. The molecule has 0 bridgehead atoms. The topological polar surface area (TPSA) is 72.5 Å². The number of anilines is 3. The van der Waals surface area contributed by atoms with Gasteiger partial charge in [0, 0.05) is 23.6 Å². The average Bonchev–Trinajstić information content (AvgIpc) is 3.16. The van der Waals surface area contributed by atoms with Crippen LogP contribution in [0.2, 0.25) is 0 Å². The summed E-state index contributed by atoms with van der Waals surface area (Å²) in [6.07, 6.45) is 4.22. The van der Waals surface area contributed by atoms with Crippen LogP contribution in [0.5, 0.6) is 11.5 Å². The van der Waals surface area contributed by atoms with E-state index in [1.54, 1.807) is 30.5 Å². The predicted molar refractivity (Wildman–Crippen MR) is 104 cm³/mol. The molecule has 1 aliphatic rings. The van der Waals surface area contributed by atoms with Crippen molar-refractivity contribution in [2.45, 2.75) is 13.3 Å². The van der Waals surface area contributed by atoms with E-state index in [2.05, 4.69) is 34.7 Å². The summed E-state index contributed by atoms with van der Waals surface area (Å²) < 4.78 is 10.6. The Morgan fingerprint density at radius 3 is 2.56 bits per heavy atom. The molecular weight excluding hydrogens is 342 g/mol. The number of ether oxygens (including phenoxy) is 2. The number of aryl methyl sites for hydroxylation is 1. The van der Waals surface area contributed by atoms with Crippen LogP contribution in [0.4, 0.5) is 17.1 Å². The second-order valence-corrected chi connectivity index (χ2v) is 6.16. The summed E-state index contributed by atoms with van der Waals surface area (Å²) >= 11 is 0. The molecule has 0 unspecified atom stereocenters. The largest absolute Gasteiger partial charge is 0.454 e. The van der Waals surface area contributed by atoms with Gasteiger partial charge in [-0.05, 0) is 42.3 Å². The van der Waals surface area contributed by atoms with Gasteiger partial charge < -0.3 is 20.1 Å². The Hall–Kier alpha value is -3.54. The summed E-state index contributed by atoms with van der Waals surface area (Å²) in [7, 11) is 0. The molecule has 6 nitrogen and oxygen atoms in total. The molecule has 1 aliphatic heterocycles. The van der Waals surface area contributed by atoms with Crippen molar-refractivity contribution in [3.8, 4) is 11.5 Å². The van der Waals surface area contributed by atoms with Gasteiger partial charge in [0.05, 0.1) is 17.4 Å². The van der Waals surface area contributed by atoms with E-state index in [0.29, 0.717) is 22.7 Å². The minimum Gasteiger partial charge on any atom is -0.454 e. The number of hydrogen-bond donors (Lipinski definition) is 2. The van der Waals surface area contributed by atoms with Crippen LogP contribution < -0.4 is 20.1 Å². The van der Waals surface area contributed by atoms with Gasteiger partial charge in [-0.3, -0.25) is 9.78 Å². The summed E-state index contributed by atoms with van der Waals surface area (Å²) in [5.41, 5.74) is 4.07. The zero-order valence-electron chi connectivity index (χ0n) is 14.9. The van der Waals surface area contributed by atoms with Crippen molar-refractivity contribution < 1.29 is 14.3 Å². The van der Waals surface area contributed by atoms with E-state index in [1.165, 1.54) is 11.8 Å². The zero-order valence-corrected chi connectivity index (χ0v) is 14.9. The molecule has 0 saturated carbocycles. The molecule has 0 radical (unpaired) electrons. The van der Waals surface area contributed by atoms with E-state index >= 15 is 0 Å². The van der Waals surface area contributed by atoms with Gasteiger partial charge in [-0.25, -0.2) is 0 Å². The van der Waals surface area contributed by atoms with Gasteiger partial charge >= 0.3 is 0 Å². The second-order valence-electron chi connectivity index (χ2n) is 6.16. The van der Waals surface area contributed by atoms with E-state index in [0.717, 1.165) is 17.8 Å². The number of rotatable bonds is 5. The lowest BCUT2D eigenvalue weighted by Gasteiger charge is -2.09. The highest BCUT2D eigenvalue weighted by Crippen LogP contribution is 2.34. The zero-order chi connectivity index (χ0) is 18.6. The van der Waals surface area contributed by atoms with Crippen LogP contribution in [0.15, 0.2) is 60.9 Å². The van der Waals surface area contributed by atoms with Gasteiger partial charge in [-0.15, -0.1) is 0 Å². The van der Waals surface area contributed by atoms with Gasteiger partial charge in [0.15, 0.2) is 11.5 Å². The first kappa shape index (κ1) is 16.9. The van der Waals surface area contributed by atoms with Crippen LogP contribution in [-0.4, -0.2) is 17.7 Å². The van der Waals surface area contributed by atoms with Crippen LogP contribution in [0.25, 0.3) is 0 Å². The lowest BCUT2D eigenvalue weighted by atomic mass is 10.1. The number of fused-ring (bicyclic) bond motifs is 1. The molecule has 1 aromatic heterocycles.